The molecule has 0 aromatic heterocycles. The maximum Gasteiger partial charge on any atom is 0.226 e. The third-order valence-electron chi connectivity index (χ3n) is 6.87. The zero-order valence-corrected chi connectivity index (χ0v) is 21.4. The first-order valence-electron chi connectivity index (χ1n) is 12.9. The van der Waals surface area contributed by atoms with Gasteiger partial charge in [-0.25, -0.2) is 0 Å². The molecule has 1 aliphatic rings. The number of anilines is 1. The first kappa shape index (κ1) is 25.6. The quantitative estimate of drug-likeness (QED) is 0.353. The Morgan fingerprint density at radius 2 is 1.64 bits per heavy atom. The molecule has 0 radical (unpaired) electrons. The van der Waals surface area contributed by atoms with Crippen molar-refractivity contribution in [1.29, 1.82) is 0 Å². The van der Waals surface area contributed by atoms with E-state index in [1.54, 1.807) is 6.92 Å². The second kappa shape index (κ2) is 12.0. The Balaban J connectivity index is 1.43. The number of rotatable bonds is 9. The number of hydrogen-bond acceptors (Lipinski definition) is 4. The highest BCUT2D eigenvalue weighted by atomic mass is 16.5. The van der Waals surface area contributed by atoms with E-state index in [9.17, 15) is 9.59 Å². The molecule has 0 saturated carbocycles. The summed E-state index contributed by atoms with van der Waals surface area (Å²) in [6, 6.07) is 26.0. The number of Topliss-reactive ketones (excluding diaryl/α,β-unsaturated/α-hetero) is 1. The summed E-state index contributed by atoms with van der Waals surface area (Å²) in [5, 5.41) is 3.02. The average Bonchev–Trinajstić information content (AvgIpc) is 2.89. The topological polar surface area (TPSA) is 58.6 Å². The van der Waals surface area contributed by atoms with E-state index < -0.39 is 0 Å². The number of nitrogens with one attached hydrogen (secondary N) is 1. The van der Waals surface area contributed by atoms with Crippen molar-refractivity contribution >= 4 is 17.4 Å². The molecule has 3 aromatic carbocycles. The summed E-state index contributed by atoms with van der Waals surface area (Å²) in [4.78, 5) is 26.7. The molecular weight excluding hydrogens is 448 g/mol. The number of carbonyl (C=O) groups is 2. The van der Waals surface area contributed by atoms with Crippen LogP contribution in [0.4, 0.5) is 5.69 Å². The summed E-state index contributed by atoms with van der Waals surface area (Å²) < 4.78 is 6.48. The van der Waals surface area contributed by atoms with Crippen molar-refractivity contribution in [3.63, 3.8) is 0 Å². The Bertz CT molecular complexity index is 1170. The van der Waals surface area contributed by atoms with Crippen molar-refractivity contribution in [2.45, 2.75) is 45.6 Å². The number of nitrogens with zero attached hydrogens (tertiary/aromatic N) is 1. The number of amides is 1. The molecule has 5 nitrogen and oxygen atoms in total. The van der Waals surface area contributed by atoms with Crippen LogP contribution in [-0.2, 0) is 4.79 Å². The summed E-state index contributed by atoms with van der Waals surface area (Å²) in [5.74, 6) is 1.10. The molecule has 0 bridgehead atoms. The second-order valence-electron chi connectivity index (χ2n) is 9.91. The summed E-state index contributed by atoms with van der Waals surface area (Å²) in [5.41, 5.74) is 3.87. The van der Waals surface area contributed by atoms with Gasteiger partial charge in [-0.1, -0.05) is 68.4 Å². The van der Waals surface area contributed by atoms with Gasteiger partial charge in [0.1, 0.15) is 11.9 Å². The zero-order valence-electron chi connectivity index (χ0n) is 21.4. The van der Waals surface area contributed by atoms with E-state index in [-0.39, 0.29) is 23.7 Å². The zero-order chi connectivity index (χ0) is 25.5. The van der Waals surface area contributed by atoms with Crippen LogP contribution >= 0.6 is 0 Å². The highest BCUT2D eigenvalue weighted by Gasteiger charge is 2.25. The lowest BCUT2D eigenvalue weighted by Crippen LogP contribution is -2.37. The highest BCUT2D eigenvalue weighted by molar-refractivity contribution is 5.96. The summed E-state index contributed by atoms with van der Waals surface area (Å²) in [7, 11) is 0. The van der Waals surface area contributed by atoms with Gasteiger partial charge in [0.2, 0.25) is 5.91 Å². The molecule has 0 aliphatic carbocycles. The van der Waals surface area contributed by atoms with Crippen LogP contribution in [0.5, 0.6) is 5.75 Å². The summed E-state index contributed by atoms with van der Waals surface area (Å²) in [6.45, 7) is 8.07. The molecule has 0 spiro atoms. The fourth-order valence-electron chi connectivity index (χ4n) is 4.73. The first-order chi connectivity index (χ1) is 17.4. The molecule has 36 heavy (non-hydrogen) atoms. The number of para-hydroxylation sites is 1. The van der Waals surface area contributed by atoms with Crippen LogP contribution in [0.2, 0.25) is 0 Å². The molecule has 0 unspecified atom stereocenters. The van der Waals surface area contributed by atoms with E-state index >= 15 is 0 Å². The largest absolute Gasteiger partial charge is 0.484 e. The number of piperidine rings is 1. The molecule has 1 saturated heterocycles. The number of ketones is 1. The predicted octanol–water partition coefficient (Wildman–Crippen LogP) is 6.48. The van der Waals surface area contributed by atoms with Gasteiger partial charge in [0.25, 0.3) is 0 Å². The number of benzene rings is 3. The summed E-state index contributed by atoms with van der Waals surface area (Å²) in [6.07, 6.45) is 1.93. The molecule has 3 aromatic rings. The van der Waals surface area contributed by atoms with E-state index in [1.165, 1.54) is 5.56 Å². The van der Waals surface area contributed by atoms with Crippen molar-refractivity contribution < 1.29 is 14.3 Å². The predicted molar refractivity (Wildman–Crippen MR) is 145 cm³/mol. The van der Waals surface area contributed by atoms with Crippen LogP contribution in [0, 0.1) is 5.92 Å². The van der Waals surface area contributed by atoms with Gasteiger partial charge in [0.15, 0.2) is 5.78 Å². The van der Waals surface area contributed by atoms with Crippen LogP contribution in [0.3, 0.4) is 0 Å². The van der Waals surface area contributed by atoms with E-state index in [0.717, 1.165) is 43.7 Å². The Morgan fingerprint density at radius 3 is 2.33 bits per heavy atom. The van der Waals surface area contributed by atoms with E-state index in [1.807, 2.05) is 68.4 Å². The molecule has 5 heteroatoms. The third-order valence-corrected chi connectivity index (χ3v) is 6.87. The maximum absolute atomic E-state index is 12.1. The van der Waals surface area contributed by atoms with Gasteiger partial charge in [-0.05, 0) is 74.2 Å². The molecule has 1 fully saturated rings. The molecule has 4 rings (SSSR count). The standard InChI is InChI=1S/C31H36N2O3/c1-22(2)31(35)32-27-13-9-12-26(20-27)24-16-18-33(19-17-24)21-30(25-10-5-4-6-11-25)36-29-15-8-7-14-28(29)23(3)34/h4-15,20,22,24,30H,16-19,21H2,1-3H3,(H,32,35)/t30-/m1/s1. The van der Waals surface area contributed by atoms with E-state index in [2.05, 4.69) is 34.5 Å². The highest BCUT2D eigenvalue weighted by Crippen LogP contribution is 2.32. The third kappa shape index (κ3) is 6.61. The number of likely N-dealkylation sites (tertiary alicyclic amines) is 1. The molecule has 1 amide bonds. The van der Waals surface area contributed by atoms with Crippen molar-refractivity contribution in [2.75, 3.05) is 25.0 Å². The lowest BCUT2D eigenvalue weighted by atomic mass is 9.89. The lowest BCUT2D eigenvalue weighted by molar-refractivity contribution is -0.118. The van der Waals surface area contributed by atoms with E-state index in [0.29, 0.717) is 17.2 Å². The Kier molecular flexibility index (Phi) is 8.55. The molecule has 1 atom stereocenters. The van der Waals surface area contributed by atoms with Gasteiger partial charge in [0, 0.05) is 18.2 Å². The molecule has 1 N–H and O–H groups in total. The fraction of sp³-hybridized carbons (Fsp3) is 0.355. The summed E-state index contributed by atoms with van der Waals surface area (Å²) >= 11 is 0. The SMILES string of the molecule is CC(=O)c1ccccc1O[C@H](CN1CCC(c2cccc(NC(=O)C(C)C)c2)CC1)c1ccccc1. The molecule has 1 aliphatic heterocycles. The Labute approximate surface area is 214 Å². The normalized spacial score (nSPS) is 15.4. The minimum Gasteiger partial charge on any atom is -0.484 e. The molecule has 188 valence electrons. The first-order valence-corrected chi connectivity index (χ1v) is 12.9. The van der Waals surface area contributed by atoms with Crippen LogP contribution in [0.1, 0.15) is 67.1 Å². The number of hydrogen-bond donors (Lipinski definition) is 1. The average molecular weight is 485 g/mol. The van der Waals surface area contributed by atoms with Gasteiger partial charge < -0.3 is 10.1 Å². The van der Waals surface area contributed by atoms with Gasteiger partial charge in [-0.2, -0.15) is 0 Å². The Morgan fingerprint density at radius 1 is 0.944 bits per heavy atom. The second-order valence-corrected chi connectivity index (χ2v) is 9.91. The number of ether oxygens (including phenoxy) is 1. The van der Waals surface area contributed by atoms with Gasteiger partial charge in [0.05, 0.1) is 5.56 Å². The van der Waals surface area contributed by atoms with Crippen molar-refractivity contribution in [2.24, 2.45) is 5.92 Å². The maximum atomic E-state index is 12.1. The van der Waals surface area contributed by atoms with Gasteiger partial charge >= 0.3 is 0 Å². The van der Waals surface area contributed by atoms with Gasteiger partial charge in [-0.3, -0.25) is 14.5 Å². The van der Waals surface area contributed by atoms with Crippen molar-refractivity contribution in [3.8, 4) is 5.75 Å². The van der Waals surface area contributed by atoms with Crippen LogP contribution in [-0.4, -0.2) is 36.2 Å². The minimum absolute atomic E-state index is 0.00467. The van der Waals surface area contributed by atoms with Crippen molar-refractivity contribution in [3.05, 3.63) is 95.6 Å². The van der Waals surface area contributed by atoms with Crippen LogP contribution in [0.25, 0.3) is 0 Å². The van der Waals surface area contributed by atoms with Crippen molar-refractivity contribution in [1.82, 2.24) is 4.90 Å². The molecular formula is C31H36N2O3. The smallest absolute Gasteiger partial charge is 0.226 e. The lowest BCUT2D eigenvalue weighted by Gasteiger charge is -2.35. The monoisotopic (exact) mass is 484 g/mol. The van der Waals surface area contributed by atoms with Gasteiger partial charge in [-0.15, -0.1) is 0 Å². The Hall–Kier alpha value is -3.44. The van der Waals surface area contributed by atoms with E-state index in [4.69, 9.17) is 4.74 Å². The van der Waals surface area contributed by atoms with Crippen LogP contribution in [0.15, 0.2) is 78.9 Å². The number of carbonyl (C=O) groups excluding carboxylic acids is 2. The fourth-order valence-corrected chi connectivity index (χ4v) is 4.73. The molecule has 1 heterocycles. The van der Waals surface area contributed by atoms with Crippen LogP contribution < -0.4 is 10.1 Å². The minimum atomic E-state index is -0.169.